The Labute approximate surface area is 125 Å². The SMILES string of the molecule is CCC1CN(C(=O)C2COc3ccccc3C2)CCC1O. The van der Waals surface area contributed by atoms with Crippen molar-refractivity contribution in [3.05, 3.63) is 29.8 Å². The van der Waals surface area contributed by atoms with E-state index in [-0.39, 0.29) is 23.8 Å². The van der Waals surface area contributed by atoms with E-state index in [4.69, 9.17) is 4.74 Å². The number of carbonyl (C=O) groups is 1. The molecule has 1 aromatic carbocycles. The summed E-state index contributed by atoms with van der Waals surface area (Å²) in [5.74, 6) is 1.20. The summed E-state index contributed by atoms with van der Waals surface area (Å²) >= 11 is 0. The largest absolute Gasteiger partial charge is 0.492 e. The highest BCUT2D eigenvalue weighted by atomic mass is 16.5. The lowest BCUT2D eigenvalue weighted by Gasteiger charge is -2.38. The monoisotopic (exact) mass is 289 g/mol. The van der Waals surface area contributed by atoms with Gasteiger partial charge in [0.2, 0.25) is 5.91 Å². The fourth-order valence-electron chi connectivity index (χ4n) is 3.37. The molecule has 1 N–H and O–H groups in total. The lowest BCUT2D eigenvalue weighted by Crippen LogP contribution is -2.49. The van der Waals surface area contributed by atoms with Crippen LogP contribution in [0.5, 0.6) is 5.75 Å². The van der Waals surface area contributed by atoms with Gasteiger partial charge in [0.1, 0.15) is 12.4 Å². The number of hydrogen-bond donors (Lipinski definition) is 1. The average molecular weight is 289 g/mol. The van der Waals surface area contributed by atoms with Gasteiger partial charge in [-0.3, -0.25) is 4.79 Å². The fourth-order valence-corrected chi connectivity index (χ4v) is 3.37. The maximum absolute atomic E-state index is 12.7. The van der Waals surface area contributed by atoms with Gasteiger partial charge in [0.25, 0.3) is 0 Å². The molecule has 3 atom stereocenters. The van der Waals surface area contributed by atoms with Crippen molar-refractivity contribution >= 4 is 5.91 Å². The van der Waals surface area contributed by atoms with Crippen molar-refractivity contribution in [2.24, 2.45) is 11.8 Å². The second-order valence-electron chi connectivity index (χ2n) is 6.13. The highest BCUT2D eigenvalue weighted by molar-refractivity contribution is 5.80. The quantitative estimate of drug-likeness (QED) is 0.904. The van der Waals surface area contributed by atoms with Gasteiger partial charge in [-0.05, 0) is 30.9 Å². The average Bonchev–Trinajstić information content (AvgIpc) is 2.54. The molecule has 0 bridgehead atoms. The van der Waals surface area contributed by atoms with Crippen molar-refractivity contribution in [3.63, 3.8) is 0 Å². The highest BCUT2D eigenvalue weighted by Crippen LogP contribution is 2.29. The zero-order valence-electron chi connectivity index (χ0n) is 12.5. The smallest absolute Gasteiger partial charge is 0.229 e. The molecule has 114 valence electrons. The number of piperidine rings is 1. The Hall–Kier alpha value is -1.55. The van der Waals surface area contributed by atoms with Crippen LogP contribution in [0, 0.1) is 11.8 Å². The van der Waals surface area contributed by atoms with E-state index in [1.165, 1.54) is 0 Å². The van der Waals surface area contributed by atoms with E-state index in [2.05, 4.69) is 6.92 Å². The number of likely N-dealkylation sites (tertiary alicyclic amines) is 1. The Balaban J connectivity index is 1.67. The molecule has 3 unspecified atom stereocenters. The Morgan fingerprint density at radius 3 is 3.05 bits per heavy atom. The second-order valence-corrected chi connectivity index (χ2v) is 6.13. The maximum Gasteiger partial charge on any atom is 0.229 e. The number of aliphatic hydroxyl groups excluding tert-OH is 1. The van der Waals surface area contributed by atoms with Crippen molar-refractivity contribution in [1.82, 2.24) is 4.90 Å². The van der Waals surface area contributed by atoms with Gasteiger partial charge in [-0.25, -0.2) is 0 Å². The summed E-state index contributed by atoms with van der Waals surface area (Å²) in [5, 5.41) is 9.95. The summed E-state index contributed by atoms with van der Waals surface area (Å²) < 4.78 is 5.73. The molecule has 2 aliphatic rings. The van der Waals surface area contributed by atoms with Crippen LogP contribution < -0.4 is 4.74 Å². The van der Waals surface area contributed by atoms with Crippen molar-refractivity contribution in [3.8, 4) is 5.75 Å². The van der Waals surface area contributed by atoms with Gasteiger partial charge in [-0.15, -0.1) is 0 Å². The third kappa shape index (κ3) is 2.91. The normalized spacial score (nSPS) is 28.7. The first-order valence-corrected chi connectivity index (χ1v) is 7.86. The second kappa shape index (κ2) is 6.06. The Kier molecular flexibility index (Phi) is 4.15. The van der Waals surface area contributed by atoms with Crippen LogP contribution in [0.4, 0.5) is 0 Å². The number of benzene rings is 1. The highest BCUT2D eigenvalue weighted by Gasteiger charge is 2.34. The molecule has 1 aromatic rings. The van der Waals surface area contributed by atoms with Crippen LogP contribution in [-0.4, -0.2) is 41.7 Å². The number of aliphatic hydroxyl groups is 1. The van der Waals surface area contributed by atoms with Gasteiger partial charge >= 0.3 is 0 Å². The van der Waals surface area contributed by atoms with Crippen LogP contribution in [0.3, 0.4) is 0 Å². The number of fused-ring (bicyclic) bond motifs is 1. The van der Waals surface area contributed by atoms with Gasteiger partial charge in [-0.1, -0.05) is 25.1 Å². The number of nitrogens with zero attached hydrogens (tertiary/aromatic N) is 1. The summed E-state index contributed by atoms with van der Waals surface area (Å²) in [4.78, 5) is 14.6. The van der Waals surface area contributed by atoms with Gasteiger partial charge in [0.15, 0.2) is 0 Å². The maximum atomic E-state index is 12.7. The fraction of sp³-hybridized carbons (Fsp3) is 0.588. The van der Waals surface area contributed by atoms with Gasteiger partial charge in [-0.2, -0.15) is 0 Å². The number of amides is 1. The van der Waals surface area contributed by atoms with Crippen LogP contribution in [0.15, 0.2) is 24.3 Å². The molecule has 0 aromatic heterocycles. The number of hydrogen-bond acceptors (Lipinski definition) is 3. The standard InChI is InChI=1S/C17H23NO3/c1-2-12-10-18(8-7-15(12)19)17(20)14-9-13-5-3-4-6-16(13)21-11-14/h3-6,12,14-15,19H,2,7-11H2,1H3. The van der Waals surface area contributed by atoms with Crippen LogP contribution in [-0.2, 0) is 11.2 Å². The topological polar surface area (TPSA) is 49.8 Å². The van der Waals surface area contributed by atoms with E-state index < -0.39 is 0 Å². The zero-order valence-corrected chi connectivity index (χ0v) is 12.5. The molecule has 0 spiro atoms. The predicted molar refractivity (Wildman–Crippen MR) is 80.1 cm³/mol. The first kappa shape index (κ1) is 14.4. The number of rotatable bonds is 2. The molecule has 21 heavy (non-hydrogen) atoms. The Morgan fingerprint density at radius 1 is 1.43 bits per heavy atom. The Morgan fingerprint density at radius 2 is 2.24 bits per heavy atom. The molecule has 1 saturated heterocycles. The van der Waals surface area contributed by atoms with Crippen molar-refractivity contribution < 1.29 is 14.6 Å². The molecule has 1 fully saturated rings. The van der Waals surface area contributed by atoms with Crippen molar-refractivity contribution in [2.75, 3.05) is 19.7 Å². The minimum atomic E-state index is -0.262. The van der Waals surface area contributed by atoms with E-state index >= 15 is 0 Å². The molecule has 2 heterocycles. The van der Waals surface area contributed by atoms with E-state index in [0.717, 1.165) is 24.2 Å². The zero-order chi connectivity index (χ0) is 14.8. The van der Waals surface area contributed by atoms with Gasteiger partial charge in [0, 0.05) is 19.0 Å². The molecule has 4 nitrogen and oxygen atoms in total. The summed E-state index contributed by atoms with van der Waals surface area (Å²) in [5.41, 5.74) is 1.12. The van der Waals surface area contributed by atoms with E-state index in [1.807, 2.05) is 29.2 Å². The summed E-state index contributed by atoms with van der Waals surface area (Å²) in [6.07, 6.45) is 2.09. The molecule has 4 heteroatoms. The molecule has 0 saturated carbocycles. The molecular weight excluding hydrogens is 266 g/mol. The number of carbonyl (C=O) groups excluding carboxylic acids is 1. The predicted octanol–water partition coefficient (Wildman–Crippen LogP) is 1.86. The molecule has 0 aliphatic carbocycles. The third-order valence-electron chi connectivity index (χ3n) is 4.76. The van der Waals surface area contributed by atoms with Crippen LogP contribution in [0.2, 0.25) is 0 Å². The van der Waals surface area contributed by atoms with E-state index in [0.29, 0.717) is 26.1 Å². The summed E-state index contributed by atoms with van der Waals surface area (Å²) in [6, 6.07) is 7.93. The minimum Gasteiger partial charge on any atom is -0.492 e. The molecular formula is C17H23NO3. The third-order valence-corrected chi connectivity index (χ3v) is 4.76. The lowest BCUT2D eigenvalue weighted by atomic mass is 9.90. The Bertz CT molecular complexity index is 517. The lowest BCUT2D eigenvalue weighted by molar-refractivity contribution is -0.140. The first-order chi connectivity index (χ1) is 10.2. The van der Waals surface area contributed by atoms with Gasteiger partial charge in [0.05, 0.1) is 12.0 Å². The molecule has 1 amide bonds. The van der Waals surface area contributed by atoms with Crippen LogP contribution in [0.25, 0.3) is 0 Å². The van der Waals surface area contributed by atoms with Crippen LogP contribution in [0.1, 0.15) is 25.3 Å². The van der Waals surface area contributed by atoms with E-state index in [1.54, 1.807) is 0 Å². The van der Waals surface area contributed by atoms with Crippen molar-refractivity contribution in [1.29, 1.82) is 0 Å². The molecule has 3 rings (SSSR count). The minimum absolute atomic E-state index is 0.0901. The number of ether oxygens (including phenoxy) is 1. The summed E-state index contributed by atoms with van der Waals surface area (Å²) in [6.45, 7) is 3.87. The molecule has 2 aliphatic heterocycles. The van der Waals surface area contributed by atoms with Crippen molar-refractivity contribution in [2.45, 2.75) is 32.3 Å². The first-order valence-electron chi connectivity index (χ1n) is 7.86. The van der Waals surface area contributed by atoms with Gasteiger partial charge < -0.3 is 14.7 Å². The molecule has 0 radical (unpaired) electrons. The van der Waals surface area contributed by atoms with Crippen LogP contribution >= 0.6 is 0 Å². The van der Waals surface area contributed by atoms with E-state index in [9.17, 15) is 9.90 Å². The number of para-hydroxylation sites is 1. The summed E-state index contributed by atoms with van der Waals surface area (Å²) in [7, 11) is 0.